The summed E-state index contributed by atoms with van der Waals surface area (Å²) in [5.74, 6) is 0. The van der Waals surface area contributed by atoms with Crippen molar-refractivity contribution in [2.24, 2.45) is 0 Å². The molecule has 0 spiro atoms. The Morgan fingerprint density at radius 1 is 1.16 bits per heavy atom. The SMILES string of the molecule is CC1(C)Cc2c(cccc2N2CCN(C(=O)OC(C)(C)C)CC2)CN1. The molecule has 25 heavy (non-hydrogen) atoms. The Bertz CT molecular complexity index is 641. The van der Waals surface area contributed by atoms with Crippen LogP contribution in [0.15, 0.2) is 18.2 Å². The second kappa shape index (κ2) is 6.52. The fraction of sp³-hybridized carbons (Fsp3) is 0.650. The minimum Gasteiger partial charge on any atom is -0.444 e. The van der Waals surface area contributed by atoms with Gasteiger partial charge in [-0.1, -0.05) is 12.1 Å². The van der Waals surface area contributed by atoms with Gasteiger partial charge in [-0.3, -0.25) is 0 Å². The van der Waals surface area contributed by atoms with Gasteiger partial charge in [-0.05, 0) is 58.2 Å². The Kier molecular flexibility index (Phi) is 4.71. The van der Waals surface area contributed by atoms with Crippen molar-refractivity contribution in [3.8, 4) is 0 Å². The van der Waals surface area contributed by atoms with Crippen molar-refractivity contribution >= 4 is 11.8 Å². The number of carbonyl (C=O) groups is 1. The Morgan fingerprint density at radius 3 is 2.48 bits per heavy atom. The molecule has 1 amide bonds. The predicted molar refractivity (Wildman–Crippen MR) is 101 cm³/mol. The van der Waals surface area contributed by atoms with Gasteiger partial charge in [0.15, 0.2) is 0 Å². The van der Waals surface area contributed by atoms with E-state index in [2.05, 4.69) is 42.3 Å². The highest BCUT2D eigenvalue weighted by Crippen LogP contribution is 2.32. The molecule has 3 rings (SSSR count). The number of hydrogen-bond acceptors (Lipinski definition) is 4. The van der Waals surface area contributed by atoms with Crippen molar-refractivity contribution in [1.29, 1.82) is 0 Å². The van der Waals surface area contributed by atoms with Crippen molar-refractivity contribution in [3.63, 3.8) is 0 Å². The summed E-state index contributed by atoms with van der Waals surface area (Å²) in [6, 6.07) is 6.59. The Balaban J connectivity index is 1.69. The summed E-state index contributed by atoms with van der Waals surface area (Å²) >= 11 is 0. The molecule has 1 fully saturated rings. The monoisotopic (exact) mass is 345 g/mol. The number of rotatable bonds is 1. The highest BCUT2D eigenvalue weighted by molar-refractivity contribution is 5.69. The number of benzene rings is 1. The molecule has 0 unspecified atom stereocenters. The van der Waals surface area contributed by atoms with Crippen LogP contribution < -0.4 is 10.2 Å². The first-order chi connectivity index (χ1) is 11.6. The summed E-state index contributed by atoms with van der Waals surface area (Å²) in [7, 11) is 0. The molecule has 5 nitrogen and oxygen atoms in total. The van der Waals surface area contributed by atoms with E-state index in [1.54, 1.807) is 0 Å². The number of ether oxygens (including phenoxy) is 1. The van der Waals surface area contributed by atoms with Crippen LogP contribution in [0.2, 0.25) is 0 Å². The fourth-order valence-electron chi connectivity index (χ4n) is 3.58. The summed E-state index contributed by atoms with van der Waals surface area (Å²) < 4.78 is 5.50. The van der Waals surface area contributed by atoms with Crippen LogP contribution in [0.25, 0.3) is 0 Å². The van der Waals surface area contributed by atoms with Gasteiger partial charge in [-0.15, -0.1) is 0 Å². The lowest BCUT2D eigenvalue weighted by Crippen LogP contribution is -2.51. The number of piperazine rings is 1. The lowest BCUT2D eigenvalue weighted by Gasteiger charge is -2.40. The van der Waals surface area contributed by atoms with E-state index in [1.165, 1.54) is 16.8 Å². The first-order valence-electron chi connectivity index (χ1n) is 9.23. The number of anilines is 1. The van der Waals surface area contributed by atoms with Gasteiger partial charge in [0.25, 0.3) is 0 Å². The molecule has 1 aromatic rings. The molecule has 0 atom stereocenters. The highest BCUT2D eigenvalue weighted by atomic mass is 16.6. The lowest BCUT2D eigenvalue weighted by atomic mass is 9.86. The molecule has 2 aliphatic heterocycles. The molecule has 1 aromatic carbocycles. The molecule has 2 heterocycles. The van der Waals surface area contributed by atoms with Crippen LogP contribution in [0.4, 0.5) is 10.5 Å². The van der Waals surface area contributed by atoms with E-state index in [0.29, 0.717) is 13.1 Å². The summed E-state index contributed by atoms with van der Waals surface area (Å²) in [5.41, 5.74) is 3.87. The zero-order valence-electron chi connectivity index (χ0n) is 16.2. The maximum absolute atomic E-state index is 12.3. The van der Waals surface area contributed by atoms with Gasteiger partial charge in [0.1, 0.15) is 5.60 Å². The Morgan fingerprint density at radius 2 is 1.84 bits per heavy atom. The maximum Gasteiger partial charge on any atom is 0.410 e. The molecule has 0 bridgehead atoms. The van der Waals surface area contributed by atoms with Crippen LogP contribution in [0.1, 0.15) is 45.7 Å². The molecule has 0 radical (unpaired) electrons. The summed E-state index contributed by atoms with van der Waals surface area (Å²) in [6.45, 7) is 14.3. The van der Waals surface area contributed by atoms with Gasteiger partial charge in [0.2, 0.25) is 0 Å². The highest BCUT2D eigenvalue weighted by Gasteiger charge is 2.30. The van der Waals surface area contributed by atoms with Crippen LogP contribution >= 0.6 is 0 Å². The van der Waals surface area contributed by atoms with Gasteiger partial charge >= 0.3 is 6.09 Å². The van der Waals surface area contributed by atoms with E-state index in [1.807, 2.05) is 25.7 Å². The number of nitrogens with zero attached hydrogens (tertiary/aromatic N) is 2. The van der Waals surface area contributed by atoms with E-state index in [4.69, 9.17) is 4.74 Å². The molecule has 0 saturated carbocycles. The molecule has 1 N–H and O–H groups in total. The van der Waals surface area contributed by atoms with Gasteiger partial charge in [-0.25, -0.2) is 4.79 Å². The third-order valence-corrected chi connectivity index (χ3v) is 4.90. The molecule has 0 aromatic heterocycles. The van der Waals surface area contributed by atoms with Gasteiger partial charge in [0, 0.05) is 44.0 Å². The molecule has 0 aliphatic carbocycles. The zero-order valence-corrected chi connectivity index (χ0v) is 16.2. The molecule has 1 saturated heterocycles. The van der Waals surface area contributed by atoms with Crippen molar-refractivity contribution in [1.82, 2.24) is 10.2 Å². The second-order valence-electron chi connectivity index (χ2n) is 8.78. The number of carbonyl (C=O) groups excluding carboxylic acids is 1. The Labute approximate surface area is 151 Å². The summed E-state index contributed by atoms with van der Waals surface area (Å²) in [6.07, 6.45) is 0.831. The quantitative estimate of drug-likeness (QED) is 0.849. The minimum absolute atomic E-state index is 0.126. The van der Waals surface area contributed by atoms with E-state index < -0.39 is 5.60 Å². The fourth-order valence-corrected chi connectivity index (χ4v) is 3.58. The van der Waals surface area contributed by atoms with E-state index >= 15 is 0 Å². The summed E-state index contributed by atoms with van der Waals surface area (Å²) in [5, 5.41) is 3.60. The zero-order chi connectivity index (χ0) is 18.2. The average molecular weight is 345 g/mol. The van der Waals surface area contributed by atoms with Crippen LogP contribution in [0, 0.1) is 0 Å². The number of hydrogen-bond donors (Lipinski definition) is 1. The van der Waals surface area contributed by atoms with Gasteiger partial charge < -0.3 is 19.9 Å². The minimum atomic E-state index is -0.439. The smallest absolute Gasteiger partial charge is 0.410 e. The Hall–Kier alpha value is -1.75. The predicted octanol–water partition coefficient (Wildman–Crippen LogP) is 3.17. The third-order valence-electron chi connectivity index (χ3n) is 4.90. The van der Waals surface area contributed by atoms with Crippen LogP contribution in [0.3, 0.4) is 0 Å². The van der Waals surface area contributed by atoms with Crippen molar-refractivity contribution in [2.75, 3.05) is 31.1 Å². The number of fused-ring (bicyclic) bond motifs is 1. The van der Waals surface area contributed by atoms with E-state index in [9.17, 15) is 4.79 Å². The molecular weight excluding hydrogens is 314 g/mol. The van der Waals surface area contributed by atoms with Crippen LogP contribution in [-0.4, -0.2) is 48.3 Å². The average Bonchev–Trinajstić information content (AvgIpc) is 2.52. The van der Waals surface area contributed by atoms with Crippen LogP contribution in [-0.2, 0) is 17.7 Å². The third kappa shape index (κ3) is 4.27. The molecule has 2 aliphatic rings. The molecule has 5 heteroatoms. The largest absolute Gasteiger partial charge is 0.444 e. The second-order valence-corrected chi connectivity index (χ2v) is 8.78. The normalized spacial score (nSPS) is 20.2. The van der Waals surface area contributed by atoms with E-state index in [-0.39, 0.29) is 11.6 Å². The summed E-state index contributed by atoms with van der Waals surface area (Å²) in [4.78, 5) is 16.5. The molecular formula is C20H31N3O2. The topological polar surface area (TPSA) is 44.8 Å². The first-order valence-corrected chi connectivity index (χ1v) is 9.23. The number of amides is 1. The van der Waals surface area contributed by atoms with Gasteiger partial charge in [0.05, 0.1) is 0 Å². The van der Waals surface area contributed by atoms with Crippen molar-refractivity contribution in [3.05, 3.63) is 29.3 Å². The van der Waals surface area contributed by atoms with Crippen molar-refractivity contribution < 1.29 is 9.53 Å². The van der Waals surface area contributed by atoms with Gasteiger partial charge in [-0.2, -0.15) is 0 Å². The van der Waals surface area contributed by atoms with E-state index in [0.717, 1.165) is 26.1 Å². The molecule has 138 valence electrons. The first kappa shape index (κ1) is 18.1. The standard InChI is InChI=1S/C20H31N3O2/c1-19(2,3)25-18(24)23-11-9-22(10-12-23)17-8-6-7-15-14-21-20(4,5)13-16(15)17/h6-8,21H,9-14H2,1-5H3. The lowest BCUT2D eigenvalue weighted by molar-refractivity contribution is 0.0240. The van der Waals surface area contributed by atoms with Crippen LogP contribution in [0.5, 0.6) is 0 Å². The number of nitrogens with one attached hydrogen (secondary N) is 1. The van der Waals surface area contributed by atoms with Crippen molar-refractivity contribution in [2.45, 2.75) is 58.7 Å². The maximum atomic E-state index is 12.3.